The van der Waals surface area contributed by atoms with E-state index in [4.69, 9.17) is 0 Å². The molecular weight excluding hydrogens is 170 g/mol. The number of aryl methyl sites for hydroxylation is 2. The van der Waals surface area contributed by atoms with E-state index in [9.17, 15) is 4.79 Å². The van der Waals surface area contributed by atoms with Crippen LogP contribution in [0.1, 0.15) is 18.4 Å². The minimum Gasteiger partial charge on any atom is -0.288 e. The average Bonchev–Trinajstić information content (AvgIpc) is 2.48. The molecule has 0 bridgehead atoms. The zero-order chi connectivity index (χ0) is 9.42. The summed E-state index contributed by atoms with van der Waals surface area (Å²) in [5.74, 6) is 1.14. The van der Waals surface area contributed by atoms with Crippen molar-refractivity contribution in [2.24, 2.45) is 0 Å². The van der Waals surface area contributed by atoms with Gasteiger partial charge in [-0.15, -0.1) is 10.2 Å². The quantitative estimate of drug-likeness (QED) is 0.651. The Morgan fingerprint density at radius 1 is 1.46 bits per heavy atom. The van der Waals surface area contributed by atoms with Crippen molar-refractivity contribution in [3.05, 3.63) is 21.9 Å². The minimum absolute atomic E-state index is 0.220. The topological polar surface area (TPSA) is 75.9 Å². The summed E-state index contributed by atoms with van der Waals surface area (Å²) in [5, 5.41) is 11.7. The first-order valence-corrected chi connectivity index (χ1v) is 4.03. The molecule has 0 radical (unpaired) electrons. The van der Waals surface area contributed by atoms with Gasteiger partial charge < -0.3 is 0 Å². The molecule has 0 aliphatic rings. The van der Waals surface area contributed by atoms with E-state index in [1.54, 1.807) is 11.4 Å². The molecule has 2 rings (SSSR count). The number of nitrogens with one attached hydrogen (secondary N) is 1. The molecule has 0 atom stereocenters. The molecule has 0 aromatic carbocycles. The Morgan fingerprint density at radius 2 is 2.23 bits per heavy atom. The first-order valence-electron chi connectivity index (χ1n) is 4.03. The van der Waals surface area contributed by atoms with Crippen LogP contribution in [0.5, 0.6) is 0 Å². The molecule has 0 aliphatic heterocycles. The summed E-state index contributed by atoms with van der Waals surface area (Å²) in [7, 11) is 0. The molecular formula is C7H9N5O. The minimum atomic E-state index is -0.220. The summed E-state index contributed by atoms with van der Waals surface area (Å²) in [6.07, 6.45) is 0.736. The standard InChI is InChI=1S/C7H9N5O/c1-3-5-9-10-7-8-6(13)4(2)11-12(5)7/h3H2,1-2H3,(H,8,10,13). The summed E-state index contributed by atoms with van der Waals surface area (Å²) in [6, 6.07) is 0. The second-order valence-electron chi connectivity index (χ2n) is 2.74. The van der Waals surface area contributed by atoms with Crippen molar-refractivity contribution in [2.75, 3.05) is 0 Å². The first kappa shape index (κ1) is 7.90. The van der Waals surface area contributed by atoms with Crippen LogP contribution in [0.15, 0.2) is 4.79 Å². The van der Waals surface area contributed by atoms with Crippen molar-refractivity contribution >= 4 is 5.78 Å². The molecule has 0 amide bonds. The third kappa shape index (κ3) is 1.10. The van der Waals surface area contributed by atoms with Crippen molar-refractivity contribution in [1.82, 2.24) is 24.8 Å². The van der Waals surface area contributed by atoms with E-state index in [0.717, 1.165) is 12.2 Å². The molecule has 2 heterocycles. The lowest BCUT2D eigenvalue weighted by atomic mass is 10.5. The zero-order valence-electron chi connectivity index (χ0n) is 7.40. The van der Waals surface area contributed by atoms with Gasteiger partial charge in [-0.1, -0.05) is 6.92 Å². The number of aromatic amines is 1. The number of rotatable bonds is 1. The van der Waals surface area contributed by atoms with Gasteiger partial charge >= 0.3 is 0 Å². The number of hydrogen-bond donors (Lipinski definition) is 1. The van der Waals surface area contributed by atoms with Crippen LogP contribution < -0.4 is 5.56 Å². The van der Waals surface area contributed by atoms with Crippen LogP contribution >= 0.6 is 0 Å². The highest BCUT2D eigenvalue weighted by molar-refractivity contribution is 5.24. The van der Waals surface area contributed by atoms with Crippen LogP contribution in [0.2, 0.25) is 0 Å². The molecule has 0 spiro atoms. The zero-order valence-corrected chi connectivity index (χ0v) is 7.40. The fourth-order valence-corrected chi connectivity index (χ4v) is 1.10. The highest BCUT2D eigenvalue weighted by atomic mass is 16.1. The summed E-state index contributed by atoms with van der Waals surface area (Å²) < 4.78 is 1.55. The number of nitrogens with zero attached hydrogens (tertiary/aromatic N) is 4. The predicted molar refractivity (Wildman–Crippen MR) is 45.5 cm³/mol. The lowest BCUT2D eigenvalue weighted by molar-refractivity contribution is 0.786. The molecule has 0 saturated carbocycles. The van der Waals surface area contributed by atoms with Gasteiger partial charge in [0, 0.05) is 6.42 Å². The van der Waals surface area contributed by atoms with E-state index < -0.39 is 0 Å². The van der Waals surface area contributed by atoms with Gasteiger partial charge in [-0.3, -0.25) is 9.78 Å². The van der Waals surface area contributed by atoms with Crippen LogP contribution in [-0.2, 0) is 6.42 Å². The van der Waals surface area contributed by atoms with Crippen LogP contribution in [0.4, 0.5) is 0 Å². The van der Waals surface area contributed by atoms with Gasteiger partial charge in [-0.2, -0.15) is 9.61 Å². The molecule has 13 heavy (non-hydrogen) atoms. The van der Waals surface area contributed by atoms with Crippen LogP contribution in [0, 0.1) is 6.92 Å². The van der Waals surface area contributed by atoms with E-state index in [0.29, 0.717) is 11.5 Å². The van der Waals surface area contributed by atoms with E-state index in [1.165, 1.54) is 0 Å². The van der Waals surface area contributed by atoms with Crippen LogP contribution in [-0.4, -0.2) is 24.8 Å². The van der Waals surface area contributed by atoms with Crippen LogP contribution in [0.3, 0.4) is 0 Å². The largest absolute Gasteiger partial charge is 0.288 e. The average molecular weight is 179 g/mol. The predicted octanol–water partition coefficient (Wildman–Crippen LogP) is -0.317. The Bertz CT molecular complexity index is 497. The smallest absolute Gasteiger partial charge is 0.273 e. The first-order chi connectivity index (χ1) is 6.22. The van der Waals surface area contributed by atoms with Gasteiger partial charge in [-0.25, -0.2) is 0 Å². The maximum Gasteiger partial charge on any atom is 0.273 e. The van der Waals surface area contributed by atoms with Gasteiger partial charge in [0.25, 0.3) is 11.3 Å². The van der Waals surface area contributed by atoms with E-state index >= 15 is 0 Å². The molecule has 68 valence electrons. The molecule has 2 aromatic heterocycles. The Kier molecular flexibility index (Phi) is 1.61. The third-order valence-electron chi connectivity index (χ3n) is 1.83. The molecule has 0 fully saturated rings. The van der Waals surface area contributed by atoms with Crippen LogP contribution in [0.25, 0.3) is 5.78 Å². The number of hydrogen-bond acceptors (Lipinski definition) is 4. The lowest BCUT2D eigenvalue weighted by Gasteiger charge is -1.95. The number of aromatic nitrogens is 5. The highest BCUT2D eigenvalue weighted by Gasteiger charge is 2.06. The number of H-pyrrole nitrogens is 1. The fourth-order valence-electron chi connectivity index (χ4n) is 1.10. The molecule has 0 unspecified atom stereocenters. The SMILES string of the molecule is CCc1nnc2[nH]c(=O)c(C)nn12. The Labute approximate surface area is 73.6 Å². The van der Waals surface area contributed by atoms with Crippen molar-refractivity contribution in [3.63, 3.8) is 0 Å². The van der Waals surface area contributed by atoms with E-state index in [1.807, 2.05) is 6.92 Å². The van der Waals surface area contributed by atoms with E-state index in [-0.39, 0.29) is 5.56 Å². The molecule has 6 nitrogen and oxygen atoms in total. The van der Waals surface area contributed by atoms with Gasteiger partial charge in [0.05, 0.1) is 0 Å². The van der Waals surface area contributed by atoms with Gasteiger partial charge in [0.1, 0.15) is 5.69 Å². The van der Waals surface area contributed by atoms with Crippen molar-refractivity contribution in [1.29, 1.82) is 0 Å². The van der Waals surface area contributed by atoms with E-state index in [2.05, 4.69) is 20.3 Å². The maximum atomic E-state index is 11.1. The second-order valence-corrected chi connectivity index (χ2v) is 2.74. The Balaban J connectivity index is 2.84. The Morgan fingerprint density at radius 3 is 2.92 bits per heavy atom. The molecule has 0 saturated heterocycles. The maximum absolute atomic E-state index is 11.1. The molecule has 0 aliphatic carbocycles. The van der Waals surface area contributed by atoms with Gasteiger partial charge in [-0.05, 0) is 6.92 Å². The van der Waals surface area contributed by atoms with Crippen molar-refractivity contribution < 1.29 is 0 Å². The van der Waals surface area contributed by atoms with Crippen molar-refractivity contribution in [2.45, 2.75) is 20.3 Å². The second kappa shape index (κ2) is 2.65. The summed E-state index contributed by atoms with van der Waals surface area (Å²) in [5.41, 5.74) is 0.199. The summed E-state index contributed by atoms with van der Waals surface area (Å²) in [6.45, 7) is 3.61. The summed E-state index contributed by atoms with van der Waals surface area (Å²) >= 11 is 0. The Hall–Kier alpha value is -1.72. The number of fused-ring (bicyclic) bond motifs is 1. The van der Waals surface area contributed by atoms with Crippen molar-refractivity contribution in [3.8, 4) is 0 Å². The third-order valence-corrected chi connectivity index (χ3v) is 1.83. The monoisotopic (exact) mass is 179 g/mol. The highest BCUT2D eigenvalue weighted by Crippen LogP contribution is 1.96. The van der Waals surface area contributed by atoms with Gasteiger partial charge in [0.15, 0.2) is 5.82 Å². The molecule has 6 heteroatoms. The molecule has 1 N–H and O–H groups in total. The summed E-state index contributed by atoms with van der Waals surface area (Å²) in [4.78, 5) is 13.7. The van der Waals surface area contributed by atoms with Gasteiger partial charge in [0.2, 0.25) is 0 Å². The fraction of sp³-hybridized carbons (Fsp3) is 0.429. The normalized spacial score (nSPS) is 10.9. The molecule has 2 aromatic rings. The lowest BCUT2D eigenvalue weighted by Crippen LogP contribution is -2.16.